The Labute approximate surface area is 124 Å². The number of nitrogens with zero attached hydrogens (tertiary/aromatic N) is 2. The van der Waals surface area contributed by atoms with Gasteiger partial charge in [0.1, 0.15) is 11.5 Å². The molecule has 2 rings (SSSR count). The molecule has 0 aliphatic carbocycles. The topological polar surface area (TPSA) is 69.4 Å². The van der Waals surface area contributed by atoms with Crippen LogP contribution in [-0.2, 0) is 13.2 Å². The highest BCUT2D eigenvalue weighted by Crippen LogP contribution is 2.25. The summed E-state index contributed by atoms with van der Waals surface area (Å²) in [5, 5.41) is 7.11. The highest BCUT2D eigenvalue weighted by atomic mass is 16.5. The Morgan fingerprint density at radius 1 is 1.33 bits per heavy atom. The van der Waals surface area contributed by atoms with Gasteiger partial charge in [-0.2, -0.15) is 4.98 Å². The first-order valence-electron chi connectivity index (χ1n) is 6.90. The number of methoxy groups -OCH3 is 1. The lowest BCUT2D eigenvalue weighted by Crippen LogP contribution is -2.22. The van der Waals surface area contributed by atoms with Gasteiger partial charge in [-0.05, 0) is 25.1 Å². The summed E-state index contributed by atoms with van der Waals surface area (Å²) in [5.41, 5.74) is 1.03. The molecule has 0 saturated heterocycles. The fourth-order valence-corrected chi connectivity index (χ4v) is 1.81. The molecule has 0 atom stereocenters. The summed E-state index contributed by atoms with van der Waals surface area (Å²) >= 11 is 0. The Morgan fingerprint density at radius 2 is 2.14 bits per heavy atom. The number of aryl methyl sites for hydroxylation is 1. The van der Waals surface area contributed by atoms with E-state index in [4.69, 9.17) is 14.0 Å². The Hall–Kier alpha value is -2.08. The Balaban J connectivity index is 2.09. The van der Waals surface area contributed by atoms with Gasteiger partial charge in [0.15, 0.2) is 12.4 Å². The first-order valence-corrected chi connectivity index (χ1v) is 6.90. The van der Waals surface area contributed by atoms with Crippen molar-refractivity contribution in [2.24, 2.45) is 0 Å². The second kappa shape index (κ2) is 7.08. The maximum atomic E-state index is 5.78. The fourth-order valence-electron chi connectivity index (χ4n) is 1.81. The average Bonchev–Trinajstić information content (AvgIpc) is 2.88. The minimum atomic E-state index is 0.252. The van der Waals surface area contributed by atoms with Crippen molar-refractivity contribution in [2.45, 2.75) is 40.0 Å². The fraction of sp³-hybridized carbons (Fsp3) is 0.467. The molecule has 0 aliphatic rings. The van der Waals surface area contributed by atoms with E-state index in [1.54, 1.807) is 14.0 Å². The first-order chi connectivity index (χ1) is 10.1. The van der Waals surface area contributed by atoms with E-state index in [9.17, 15) is 0 Å². The number of hydrogen-bond donors (Lipinski definition) is 1. The molecule has 1 aromatic carbocycles. The van der Waals surface area contributed by atoms with E-state index in [1.807, 2.05) is 18.2 Å². The normalized spacial score (nSPS) is 10.9. The molecule has 0 radical (unpaired) electrons. The monoisotopic (exact) mass is 291 g/mol. The van der Waals surface area contributed by atoms with Crippen molar-refractivity contribution in [1.29, 1.82) is 0 Å². The van der Waals surface area contributed by atoms with Gasteiger partial charge in [-0.25, -0.2) is 0 Å². The van der Waals surface area contributed by atoms with Crippen LogP contribution in [0.1, 0.15) is 31.1 Å². The van der Waals surface area contributed by atoms with Crippen LogP contribution in [0.4, 0.5) is 0 Å². The standard InChI is InChI=1S/C15H21N3O3/c1-10(2)16-8-12-7-13(19-4)5-6-14(12)20-9-15-17-11(3)18-21-15/h5-7,10,16H,8-9H2,1-4H3. The maximum absolute atomic E-state index is 5.78. The second-order valence-corrected chi connectivity index (χ2v) is 5.03. The van der Waals surface area contributed by atoms with Gasteiger partial charge >= 0.3 is 0 Å². The van der Waals surface area contributed by atoms with Crippen molar-refractivity contribution in [3.8, 4) is 11.5 Å². The first kappa shape index (κ1) is 15.3. The van der Waals surface area contributed by atoms with Crippen LogP contribution in [-0.4, -0.2) is 23.3 Å². The van der Waals surface area contributed by atoms with Gasteiger partial charge in [-0.1, -0.05) is 19.0 Å². The predicted molar refractivity (Wildman–Crippen MR) is 78.3 cm³/mol. The molecular formula is C15H21N3O3. The summed E-state index contributed by atoms with van der Waals surface area (Å²) < 4.78 is 16.1. The van der Waals surface area contributed by atoms with Gasteiger partial charge in [0, 0.05) is 18.2 Å². The number of hydrogen-bond acceptors (Lipinski definition) is 6. The maximum Gasteiger partial charge on any atom is 0.264 e. The zero-order chi connectivity index (χ0) is 15.2. The molecule has 1 heterocycles. The van der Waals surface area contributed by atoms with Crippen LogP contribution in [0.25, 0.3) is 0 Å². The van der Waals surface area contributed by atoms with E-state index in [2.05, 4.69) is 29.3 Å². The molecule has 0 bridgehead atoms. The minimum Gasteiger partial charge on any atom is -0.497 e. The molecule has 0 saturated carbocycles. The van der Waals surface area contributed by atoms with E-state index >= 15 is 0 Å². The molecule has 0 unspecified atom stereocenters. The molecule has 1 aromatic heterocycles. The van der Waals surface area contributed by atoms with Crippen LogP contribution >= 0.6 is 0 Å². The number of aromatic nitrogens is 2. The van der Waals surface area contributed by atoms with E-state index in [1.165, 1.54) is 0 Å². The summed E-state index contributed by atoms with van der Waals surface area (Å²) in [6.07, 6.45) is 0. The molecule has 0 amide bonds. The van der Waals surface area contributed by atoms with Gasteiger partial charge in [0.2, 0.25) is 0 Å². The molecular weight excluding hydrogens is 270 g/mol. The van der Waals surface area contributed by atoms with Crippen molar-refractivity contribution in [3.05, 3.63) is 35.5 Å². The van der Waals surface area contributed by atoms with E-state index in [0.717, 1.165) is 17.1 Å². The highest BCUT2D eigenvalue weighted by molar-refractivity contribution is 5.40. The summed E-state index contributed by atoms with van der Waals surface area (Å²) in [7, 11) is 1.65. The van der Waals surface area contributed by atoms with Crippen LogP contribution < -0.4 is 14.8 Å². The molecule has 0 fully saturated rings. The van der Waals surface area contributed by atoms with Gasteiger partial charge < -0.3 is 19.3 Å². The van der Waals surface area contributed by atoms with Crippen molar-refractivity contribution < 1.29 is 14.0 Å². The largest absolute Gasteiger partial charge is 0.497 e. The molecule has 6 heteroatoms. The third kappa shape index (κ3) is 4.46. The molecule has 0 aliphatic heterocycles. The zero-order valence-corrected chi connectivity index (χ0v) is 12.8. The molecule has 2 aromatic rings. The number of ether oxygens (including phenoxy) is 2. The summed E-state index contributed by atoms with van der Waals surface area (Å²) in [6.45, 7) is 6.93. The van der Waals surface area contributed by atoms with Crippen molar-refractivity contribution in [1.82, 2.24) is 15.5 Å². The van der Waals surface area contributed by atoms with Crippen molar-refractivity contribution in [2.75, 3.05) is 7.11 Å². The molecule has 114 valence electrons. The van der Waals surface area contributed by atoms with Gasteiger partial charge in [-0.3, -0.25) is 0 Å². The van der Waals surface area contributed by atoms with Crippen LogP contribution in [0, 0.1) is 6.92 Å². The average molecular weight is 291 g/mol. The lowest BCUT2D eigenvalue weighted by molar-refractivity contribution is 0.240. The van der Waals surface area contributed by atoms with Crippen LogP contribution in [0.2, 0.25) is 0 Å². The van der Waals surface area contributed by atoms with Crippen LogP contribution in [0.3, 0.4) is 0 Å². The second-order valence-electron chi connectivity index (χ2n) is 5.03. The van der Waals surface area contributed by atoms with Crippen LogP contribution in [0.5, 0.6) is 11.5 Å². The molecule has 0 spiro atoms. The van der Waals surface area contributed by atoms with E-state index < -0.39 is 0 Å². The highest BCUT2D eigenvalue weighted by Gasteiger charge is 2.09. The molecule has 6 nitrogen and oxygen atoms in total. The quantitative estimate of drug-likeness (QED) is 0.845. The lowest BCUT2D eigenvalue weighted by atomic mass is 10.1. The third-order valence-corrected chi connectivity index (χ3v) is 2.89. The summed E-state index contributed by atoms with van der Waals surface area (Å²) in [5.74, 6) is 2.65. The van der Waals surface area contributed by atoms with Gasteiger partial charge in [-0.15, -0.1) is 0 Å². The van der Waals surface area contributed by atoms with E-state index in [-0.39, 0.29) is 6.61 Å². The Morgan fingerprint density at radius 3 is 2.76 bits per heavy atom. The predicted octanol–water partition coefficient (Wildman–Crippen LogP) is 2.46. The van der Waals surface area contributed by atoms with E-state index in [0.29, 0.717) is 24.3 Å². The van der Waals surface area contributed by atoms with Crippen molar-refractivity contribution in [3.63, 3.8) is 0 Å². The summed E-state index contributed by atoms with van der Waals surface area (Å²) in [4.78, 5) is 4.12. The SMILES string of the molecule is COc1ccc(OCc2nc(C)no2)c(CNC(C)C)c1. The lowest BCUT2D eigenvalue weighted by Gasteiger charge is -2.14. The van der Waals surface area contributed by atoms with Crippen molar-refractivity contribution >= 4 is 0 Å². The van der Waals surface area contributed by atoms with Gasteiger partial charge in [0.25, 0.3) is 5.89 Å². The minimum absolute atomic E-state index is 0.252. The zero-order valence-electron chi connectivity index (χ0n) is 12.8. The number of rotatable bonds is 7. The number of nitrogens with one attached hydrogen (secondary N) is 1. The molecule has 1 N–H and O–H groups in total. The van der Waals surface area contributed by atoms with Gasteiger partial charge in [0.05, 0.1) is 7.11 Å². The Kier molecular flexibility index (Phi) is 5.16. The molecule has 21 heavy (non-hydrogen) atoms. The number of benzene rings is 1. The van der Waals surface area contributed by atoms with Crippen LogP contribution in [0.15, 0.2) is 22.7 Å². The smallest absolute Gasteiger partial charge is 0.264 e. The Bertz CT molecular complexity index is 581. The summed E-state index contributed by atoms with van der Waals surface area (Å²) in [6, 6.07) is 6.11. The third-order valence-electron chi connectivity index (χ3n) is 2.89.